The number of aryl methyl sites for hydroxylation is 1. The molecule has 0 saturated heterocycles. The van der Waals surface area contributed by atoms with Gasteiger partial charge >= 0.3 is 0 Å². The molecule has 0 saturated carbocycles. The maximum absolute atomic E-state index is 10.9. The van der Waals surface area contributed by atoms with Crippen LogP contribution in [0.15, 0.2) is 18.2 Å². The lowest BCUT2D eigenvalue weighted by Gasteiger charge is -2.38. The van der Waals surface area contributed by atoms with Crippen LogP contribution in [0.3, 0.4) is 0 Å². The molecule has 0 fully saturated rings. The van der Waals surface area contributed by atoms with Crippen LogP contribution in [-0.4, -0.2) is 24.9 Å². The Balaban J connectivity index is 2.42. The number of nitrogens with one attached hydrogen (secondary N) is 1. The van der Waals surface area contributed by atoms with Crippen LogP contribution in [0.5, 0.6) is 0 Å². The summed E-state index contributed by atoms with van der Waals surface area (Å²) in [6, 6.07) is 6.60. The summed E-state index contributed by atoms with van der Waals surface area (Å²) in [6.45, 7) is 7.14. The van der Waals surface area contributed by atoms with Gasteiger partial charge in [0.05, 0.1) is 17.4 Å². The van der Waals surface area contributed by atoms with Crippen molar-refractivity contribution in [1.82, 2.24) is 0 Å². The van der Waals surface area contributed by atoms with Gasteiger partial charge in [-0.1, -0.05) is 6.07 Å². The molecule has 1 heterocycles. The van der Waals surface area contributed by atoms with E-state index < -0.39 is 0 Å². The summed E-state index contributed by atoms with van der Waals surface area (Å²) >= 11 is 0. The summed E-state index contributed by atoms with van der Waals surface area (Å²) in [5, 5.41) is 3.25. The molecule has 0 aliphatic carbocycles. The number of hydrogen-bond acceptors (Lipinski definition) is 3. The Bertz CT molecular complexity index is 401. The third-order valence-electron chi connectivity index (χ3n) is 2.98. The number of anilines is 2. The van der Waals surface area contributed by atoms with Crippen molar-refractivity contribution >= 4 is 17.7 Å². The molecular weight excluding hydrogens is 200 g/mol. The van der Waals surface area contributed by atoms with Gasteiger partial charge in [0.25, 0.3) is 0 Å². The number of carbonyl (C=O) groups excluding carboxylic acids is 1. The lowest BCUT2D eigenvalue weighted by Crippen LogP contribution is -2.45. The van der Waals surface area contributed by atoms with Gasteiger partial charge in [-0.15, -0.1) is 0 Å². The fourth-order valence-corrected chi connectivity index (χ4v) is 2.12. The minimum atomic E-state index is -0.0994. The Kier molecular flexibility index (Phi) is 2.86. The lowest BCUT2D eigenvalue weighted by atomic mass is 10.1. The maximum atomic E-state index is 10.9. The van der Waals surface area contributed by atoms with Gasteiger partial charge in [-0.25, -0.2) is 0 Å². The number of hydrogen-bond donors (Lipinski definition) is 1. The topological polar surface area (TPSA) is 32.3 Å². The molecule has 0 amide bonds. The first-order valence-corrected chi connectivity index (χ1v) is 5.71. The smallest absolute Gasteiger partial charge is 0.144 e. The second-order valence-corrected chi connectivity index (χ2v) is 4.65. The zero-order chi connectivity index (χ0) is 11.7. The average Bonchev–Trinajstić information content (AvgIpc) is 2.27. The predicted octanol–water partition coefficient (Wildman–Crippen LogP) is 2.20. The van der Waals surface area contributed by atoms with Crippen LogP contribution in [-0.2, 0) is 4.79 Å². The summed E-state index contributed by atoms with van der Waals surface area (Å²) in [7, 11) is 0. The summed E-state index contributed by atoms with van der Waals surface area (Å²) in [6.07, 6.45) is 0.984. The first-order chi connectivity index (χ1) is 7.61. The Labute approximate surface area is 96.5 Å². The Morgan fingerprint density at radius 3 is 2.88 bits per heavy atom. The number of fused-ring (bicyclic) bond motifs is 1. The van der Waals surface area contributed by atoms with Gasteiger partial charge in [0, 0.05) is 12.6 Å². The van der Waals surface area contributed by atoms with E-state index in [1.54, 1.807) is 0 Å². The zero-order valence-corrected chi connectivity index (χ0v) is 10.0. The number of benzene rings is 1. The van der Waals surface area contributed by atoms with E-state index in [9.17, 15) is 4.79 Å². The largest absolute Gasteiger partial charge is 0.372 e. The molecule has 1 aliphatic rings. The minimum Gasteiger partial charge on any atom is -0.372 e. The van der Waals surface area contributed by atoms with E-state index in [1.165, 1.54) is 11.3 Å². The van der Waals surface area contributed by atoms with Crippen LogP contribution in [0, 0.1) is 6.92 Å². The van der Waals surface area contributed by atoms with Crippen LogP contribution in [0.2, 0.25) is 0 Å². The van der Waals surface area contributed by atoms with Crippen LogP contribution in [0.1, 0.15) is 19.4 Å². The van der Waals surface area contributed by atoms with Crippen LogP contribution in [0.4, 0.5) is 11.4 Å². The second-order valence-electron chi connectivity index (χ2n) is 4.65. The predicted molar refractivity (Wildman–Crippen MR) is 67.1 cm³/mol. The van der Waals surface area contributed by atoms with E-state index in [0.717, 1.165) is 18.5 Å². The highest BCUT2D eigenvalue weighted by atomic mass is 16.1. The van der Waals surface area contributed by atoms with E-state index in [2.05, 4.69) is 49.2 Å². The van der Waals surface area contributed by atoms with E-state index in [4.69, 9.17) is 0 Å². The third-order valence-corrected chi connectivity index (χ3v) is 2.98. The van der Waals surface area contributed by atoms with Gasteiger partial charge in [0.2, 0.25) is 0 Å². The van der Waals surface area contributed by atoms with Crippen molar-refractivity contribution < 1.29 is 4.79 Å². The molecule has 0 aromatic heterocycles. The highest BCUT2D eigenvalue weighted by molar-refractivity contribution is 5.79. The van der Waals surface area contributed by atoms with Gasteiger partial charge in [0.1, 0.15) is 6.29 Å². The molecule has 0 bridgehead atoms. The molecule has 1 atom stereocenters. The van der Waals surface area contributed by atoms with E-state index in [0.29, 0.717) is 6.04 Å². The van der Waals surface area contributed by atoms with Gasteiger partial charge < -0.3 is 15.0 Å². The summed E-state index contributed by atoms with van der Waals surface area (Å²) in [5.41, 5.74) is 3.51. The molecule has 16 heavy (non-hydrogen) atoms. The van der Waals surface area contributed by atoms with Gasteiger partial charge in [0.15, 0.2) is 0 Å². The molecule has 0 spiro atoms. The van der Waals surface area contributed by atoms with Crippen molar-refractivity contribution in [3.63, 3.8) is 0 Å². The van der Waals surface area contributed by atoms with Crippen molar-refractivity contribution in [3.05, 3.63) is 23.8 Å². The van der Waals surface area contributed by atoms with Crippen molar-refractivity contribution in [1.29, 1.82) is 0 Å². The van der Waals surface area contributed by atoms with Crippen molar-refractivity contribution in [2.75, 3.05) is 16.8 Å². The first kappa shape index (κ1) is 11.0. The third kappa shape index (κ3) is 1.90. The first-order valence-electron chi connectivity index (χ1n) is 5.71. The Morgan fingerprint density at radius 2 is 2.25 bits per heavy atom. The van der Waals surface area contributed by atoms with Crippen LogP contribution >= 0.6 is 0 Å². The summed E-state index contributed by atoms with van der Waals surface area (Å²) < 4.78 is 0. The van der Waals surface area contributed by atoms with Crippen molar-refractivity contribution in [3.8, 4) is 0 Å². The Hall–Kier alpha value is -1.51. The maximum Gasteiger partial charge on any atom is 0.144 e. The number of carbonyl (C=O) groups is 1. The molecule has 1 aliphatic heterocycles. The highest BCUT2D eigenvalue weighted by Crippen LogP contribution is 2.32. The fraction of sp³-hybridized carbons (Fsp3) is 0.462. The Morgan fingerprint density at radius 1 is 1.50 bits per heavy atom. The summed E-state index contributed by atoms with van der Waals surface area (Å²) in [5.74, 6) is 0. The summed E-state index contributed by atoms with van der Waals surface area (Å²) in [4.78, 5) is 13.2. The monoisotopic (exact) mass is 218 g/mol. The van der Waals surface area contributed by atoms with E-state index >= 15 is 0 Å². The normalized spacial score (nSPS) is 19.2. The van der Waals surface area contributed by atoms with Crippen LogP contribution < -0.4 is 10.2 Å². The molecule has 1 unspecified atom stereocenters. The van der Waals surface area contributed by atoms with Gasteiger partial charge in [-0.05, 0) is 38.5 Å². The number of aldehydes is 1. The fourth-order valence-electron chi connectivity index (χ4n) is 2.12. The lowest BCUT2D eigenvalue weighted by molar-refractivity contribution is -0.108. The minimum absolute atomic E-state index is 0.0994. The van der Waals surface area contributed by atoms with Gasteiger partial charge in [-0.3, -0.25) is 0 Å². The molecule has 0 radical (unpaired) electrons. The molecule has 86 valence electrons. The molecule has 2 rings (SSSR count). The molecule has 1 aromatic rings. The highest BCUT2D eigenvalue weighted by Gasteiger charge is 2.24. The number of rotatable bonds is 2. The van der Waals surface area contributed by atoms with Crippen molar-refractivity contribution in [2.24, 2.45) is 0 Å². The average molecular weight is 218 g/mol. The van der Waals surface area contributed by atoms with Crippen molar-refractivity contribution in [2.45, 2.75) is 32.9 Å². The molecule has 3 nitrogen and oxygen atoms in total. The molecule has 1 aromatic carbocycles. The standard InChI is InChI=1S/C13H18N2O/c1-9(2)15-7-11(8-16)14-12-5-4-10(3)6-13(12)15/h4-6,8-9,11,14H,7H2,1-3H3. The number of nitrogens with zero attached hydrogens (tertiary/aromatic N) is 1. The molecular formula is C13H18N2O. The van der Waals surface area contributed by atoms with Gasteiger partial charge in [-0.2, -0.15) is 0 Å². The molecule has 1 N–H and O–H groups in total. The van der Waals surface area contributed by atoms with Crippen LogP contribution in [0.25, 0.3) is 0 Å². The SMILES string of the molecule is Cc1ccc2c(c1)N(C(C)C)CC(C=O)N2. The second kappa shape index (κ2) is 4.16. The molecule has 3 heteroatoms. The quantitative estimate of drug-likeness (QED) is 0.772. The van der Waals surface area contributed by atoms with E-state index in [1.807, 2.05) is 0 Å². The zero-order valence-electron chi connectivity index (χ0n) is 10.0. The van der Waals surface area contributed by atoms with E-state index in [-0.39, 0.29) is 6.04 Å².